The van der Waals surface area contributed by atoms with Crippen LogP contribution in [0.5, 0.6) is 0 Å². The minimum absolute atomic E-state index is 0.327. The number of nitrogens with two attached hydrogens (primary N) is 1. The van der Waals surface area contributed by atoms with Crippen molar-refractivity contribution in [1.29, 1.82) is 0 Å². The molecule has 0 aromatic heterocycles. The van der Waals surface area contributed by atoms with Gasteiger partial charge in [-0.2, -0.15) is 0 Å². The fourth-order valence-corrected chi connectivity index (χ4v) is 4.36. The first-order chi connectivity index (χ1) is 15.2. The Morgan fingerprint density at radius 3 is 2.38 bits per heavy atom. The van der Waals surface area contributed by atoms with Gasteiger partial charge in [-0.25, -0.2) is 0 Å². The summed E-state index contributed by atoms with van der Waals surface area (Å²) in [5.41, 5.74) is 7.02. The highest BCUT2D eigenvalue weighted by Gasteiger charge is 2.48. The lowest BCUT2D eigenvalue weighted by molar-refractivity contribution is -0.184. The molecule has 170 valence electrons. The number of primary amides is 1. The number of halogens is 2. The third kappa shape index (κ3) is 5.23. The first-order valence-corrected chi connectivity index (χ1v) is 11.0. The third-order valence-electron chi connectivity index (χ3n) is 5.40. The Balaban J connectivity index is 2.20. The van der Waals surface area contributed by atoms with E-state index in [1.54, 1.807) is 48.5 Å². The Kier molecular flexibility index (Phi) is 7.77. The van der Waals surface area contributed by atoms with E-state index >= 15 is 0 Å². The molecule has 0 spiro atoms. The quantitative estimate of drug-likeness (QED) is 0.592. The van der Waals surface area contributed by atoms with Gasteiger partial charge in [0, 0.05) is 10.0 Å². The van der Waals surface area contributed by atoms with Crippen molar-refractivity contribution in [3.8, 4) is 0 Å². The number of amides is 2. The first kappa shape index (κ1) is 24.0. The monoisotopic (exact) mass is 478 g/mol. The molecule has 0 bridgehead atoms. The summed E-state index contributed by atoms with van der Waals surface area (Å²) in [4.78, 5) is 38.7. The van der Waals surface area contributed by atoms with Gasteiger partial charge in [-0.1, -0.05) is 60.8 Å². The number of carboxylic acid groups (broad SMARTS) is 1. The van der Waals surface area contributed by atoms with Crippen LogP contribution in [0.4, 0.5) is 0 Å². The zero-order chi connectivity index (χ0) is 23.4. The number of rotatable bonds is 8. The van der Waals surface area contributed by atoms with Gasteiger partial charge in [0.15, 0.2) is 0 Å². The van der Waals surface area contributed by atoms with E-state index in [-0.39, 0.29) is 0 Å². The lowest BCUT2D eigenvalue weighted by Crippen LogP contribution is -2.58. The lowest BCUT2D eigenvalue weighted by Gasteiger charge is -2.47. The number of ether oxygens (including phenoxy) is 1. The average Bonchev–Trinajstić information content (AvgIpc) is 2.73. The van der Waals surface area contributed by atoms with Crippen molar-refractivity contribution in [2.24, 2.45) is 5.73 Å². The largest absolute Gasteiger partial charge is 0.481 e. The molecule has 0 aliphatic carbocycles. The molecular formula is C23H24Cl2N2O5. The van der Waals surface area contributed by atoms with Gasteiger partial charge in [0.05, 0.1) is 12.5 Å². The van der Waals surface area contributed by atoms with Gasteiger partial charge in [-0.3, -0.25) is 14.4 Å². The van der Waals surface area contributed by atoms with Crippen molar-refractivity contribution < 1.29 is 24.2 Å². The summed E-state index contributed by atoms with van der Waals surface area (Å²) < 4.78 is 6.07. The minimum Gasteiger partial charge on any atom is -0.481 e. The normalized spacial score (nSPS) is 21.9. The standard InChI is InChI=1S/C23H24Cl2N2O5/c1-2-4-17(22(26)30)27-20(13-7-9-15(24)10-8-13)21(14-5-3-6-16(25)11-14)32-18(23(27)31)12-19(28)29/h3,5-11,17-18,20-21H,2,4,12H2,1H3,(H2,26,30)(H,28,29)/t17-,18+,20-,21+/m1/s1. The molecule has 0 saturated carbocycles. The maximum absolute atomic E-state index is 13.5. The van der Waals surface area contributed by atoms with Crippen LogP contribution in [-0.2, 0) is 19.1 Å². The highest BCUT2D eigenvalue weighted by atomic mass is 35.5. The van der Waals surface area contributed by atoms with Gasteiger partial charge in [0.25, 0.3) is 5.91 Å². The van der Waals surface area contributed by atoms with Crippen LogP contribution in [0.2, 0.25) is 10.0 Å². The molecule has 4 atom stereocenters. The summed E-state index contributed by atoms with van der Waals surface area (Å²) in [5, 5.41) is 10.3. The van der Waals surface area contributed by atoms with E-state index in [4.69, 9.17) is 33.7 Å². The minimum atomic E-state index is -1.28. The van der Waals surface area contributed by atoms with E-state index in [0.717, 1.165) is 0 Å². The van der Waals surface area contributed by atoms with Crippen molar-refractivity contribution in [2.45, 2.75) is 50.5 Å². The van der Waals surface area contributed by atoms with Gasteiger partial charge < -0.3 is 20.5 Å². The van der Waals surface area contributed by atoms with Gasteiger partial charge in [0.1, 0.15) is 18.2 Å². The van der Waals surface area contributed by atoms with E-state index in [9.17, 15) is 19.5 Å². The molecule has 32 heavy (non-hydrogen) atoms. The first-order valence-electron chi connectivity index (χ1n) is 10.2. The van der Waals surface area contributed by atoms with Crippen molar-refractivity contribution in [3.05, 3.63) is 69.7 Å². The predicted molar refractivity (Wildman–Crippen MR) is 120 cm³/mol. The Bertz CT molecular complexity index is 998. The Morgan fingerprint density at radius 2 is 1.81 bits per heavy atom. The third-order valence-corrected chi connectivity index (χ3v) is 5.89. The number of carbonyl (C=O) groups is 3. The average molecular weight is 479 g/mol. The van der Waals surface area contributed by atoms with Crippen molar-refractivity contribution >= 4 is 41.0 Å². The molecule has 1 aliphatic rings. The Labute approximate surface area is 196 Å². The number of hydrogen-bond donors (Lipinski definition) is 2. The number of nitrogens with zero attached hydrogens (tertiary/aromatic N) is 1. The number of morpholine rings is 1. The van der Waals surface area contributed by atoms with Crippen molar-refractivity contribution in [1.82, 2.24) is 4.90 Å². The lowest BCUT2D eigenvalue weighted by atomic mass is 9.89. The highest BCUT2D eigenvalue weighted by Crippen LogP contribution is 2.44. The van der Waals surface area contributed by atoms with Gasteiger partial charge in [-0.05, 0) is 41.8 Å². The van der Waals surface area contributed by atoms with Gasteiger partial charge in [0.2, 0.25) is 5.91 Å². The summed E-state index contributed by atoms with van der Waals surface area (Å²) in [6.07, 6.45) is -1.68. The SMILES string of the molecule is CCC[C@H](C(N)=O)N1C(=O)[C@H](CC(=O)O)O[C@@H](c2cccc(Cl)c2)[C@H]1c1ccc(Cl)cc1. The molecule has 1 saturated heterocycles. The van der Waals surface area contributed by atoms with Crippen LogP contribution in [0.1, 0.15) is 49.5 Å². The Morgan fingerprint density at radius 1 is 1.12 bits per heavy atom. The summed E-state index contributed by atoms with van der Waals surface area (Å²) in [5.74, 6) is -2.45. The maximum atomic E-state index is 13.5. The summed E-state index contributed by atoms with van der Waals surface area (Å²) >= 11 is 12.3. The van der Waals surface area contributed by atoms with Crippen LogP contribution >= 0.6 is 23.2 Å². The molecule has 0 radical (unpaired) electrons. The van der Waals surface area contributed by atoms with Crippen LogP contribution in [0.25, 0.3) is 0 Å². The van der Waals surface area contributed by atoms with Crippen LogP contribution in [0.15, 0.2) is 48.5 Å². The maximum Gasteiger partial charge on any atom is 0.306 e. The zero-order valence-electron chi connectivity index (χ0n) is 17.4. The number of hydrogen-bond acceptors (Lipinski definition) is 4. The molecule has 0 unspecified atom stereocenters. The Hall–Kier alpha value is -2.61. The molecule has 7 nitrogen and oxygen atoms in total. The second-order valence-corrected chi connectivity index (χ2v) is 8.52. The zero-order valence-corrected chi connectivity index (χ0v) is 18.9. The van der Waals surface area contributed by atoms with E-state index in [0.29, 0.717) is 34.0 Å². The molecule has 1 aliphatic heterocycles. The van der Waals surface area contributed by atoms with E-state index in [2.05, 4.69) is 0 Å². The topological polar surface area (TPSA) is 110 Å². The molecule has 3 N–H and O–H groups in total. The smallest absolute Gasteiger partial charge is 0.306 e. The fourth-order valence-electron chi connectivity index (χ4n) is 4.03. The number of aliphatic carboxylic acids is 1. The molecule has 1 heterocycles. The van der Waals surface area contributed by atoms with Crippen LogP contribution in [0, 0.1) is 0 Å². The molecular weight excluding hydrogens is 455 g/mol. The van der Waals surface area contributed by atoms with E-state index < -0.39 is 48.5 Å². The molecule has 2 amide bonds. The highest BCUT2D eigenvalue weighted by molar-refractivity contribution is 6.30. The second kappa shape index (κ2) is 10.3. The van der Waals surface area contributed by atoms with Crippen LogP contribution in [-0.4, -0.2) is 39.9 Å². The number of carboxylic acids is 1. The molecule has 2 aromatic rings. The van der Waals surface area contributed by atoms with Crippen LogP contribution in [0.3, 0.4) is 0 Å². The number of carbonyl (C=O) groups excluding carboxylic acids is 2. The summed E-state index contributed by atoms with van der Waals surface area (Å²) in [7, 11) is 0. The molecule has 2 aromatic carbocycles. The van der Waals surface area contributed by atoms with E-state index in [1.165, 1.54) is 4.90 Å². The fraction of sp³-hybridized carbons (Fsp3) is 0.348. The summed E-state index contributed by atoms with van der Waals surface area (Å²) in [6, 6.07) is 12.1. The summed E-state index contributed by atoms with van der Waals surface area (Å²) in [6.45, 7) is 1.88. The second-order valence-electron chi connectivity index (χ2n) is 7.65. The van der Waals surface area contributed by atoms with Gasteiger partial charge in [-0.15, -0.1) is 0 Å². The molecule has 9 heteroatoms. The van der Waals surface area contributed by atoms with E-state index in [1.807, 2.05) is 6.92 Å². The van der Waals surface area contributed by atoms with Crippen LogP contribution < -0.4 is 5.73 Å². The van der Waals surface area contributed by atoms with Gasteiger partial charge >= 0.3 is 5.97 Å². The van der Waals surface area contributed by atoms with Crippen molar-refractivity contribution in [3.63, 3.8) is 0 Å². The van der Waals surface area contributed by atoms with Crippen molar-refractivity contribution in [2.75, 3.05) is 0 Å². The molecule has 3 rings (SSSR count). The molecule has 1 fully saturated rings. The predicted octanol–water partition coefficient (Wildman–Crippen LogP) is 4.13. The number of benzene rings is 2.